The molecule has 0 spiro atoms. The predicted octanol–water partition coefficient (Wildman–Crippen LogP) is 1.85. The van der Waals surface area contributed by atoms with Crippen LogP contribution >= 0.6 is 0 Å². The van der Waals surface area contributed by atoms with Gasteiger partial charge in [-0.1, -0.05) is 13.8 Å². The number of allylic oxidation sites excluding steroid dienone is 1. The zero-order chi connectivity index (χ0) is 25.5. The van der Waals surface area contributed by atoms with Crippen molar-refractivity contribution < 1.29 is 35.4 Å². The maximum Gasteiger partial charge on any atom is 0.159 e. The van der Waals surface area contributed by atoms with E-state index in [-0.39, 0.29) is 31.0 Å². The first-order valence-corrected chi connectivity index (χ1v) is 12.9. The summed E-state index contributed by atoms with van der Waals surface area (Å²) in [6.45, 7) is 9.10. The van der Waals surface area contributed by atoms with E-state index in [2.05, 4.69) is 0 Å². The van der Waals surface area contributed by atoms with E-state index in [0.29, 0.717) is 37.7 Å². The Bertz CT molecular complexity index is 860. The Labute approximate surface area is 202 Å². The van der Waals surface area contributed by atoms with Crippen LogP contribution in [0.4, 0.5) is 0 Å². The molecule has 0 aromatic carbocycles. The number of ketones is 1. The van der Waals surface area contributed by atoms with Gasteiger partial charge in [-0.3, -0.25) is 4.79 Å². The van der Waals surface area contributed by atoms with Crippen molar-refractivity contribution in [3.8, 4) is 0 Å². The van der Waals surface area contributed by atoms with Crippen LogP contribution < -0.4 is 0 Å². The molecular formula is C27H44O7. The molecule has 4 rings (SSSR count). The molecule has 6 N–H and O–H groups in total. The summed E-state index contributed by atoms with van der Waals surface area (Å²) in [5, 5.41) is 66.0. The number of hydrogen-bond donors (Lipinski definition) is 6. The normalized spacial score (nSPS) is 48.4. The van der Waals surface area contributed by atoms with Crippen molar-refractivity contribution in [1.82, 2.24) is 0 Å². The monoisotopic (exact) mass is 480 g/mol. The molecule has 0 amide bonds. The van der Waals surface area contributed by atoms with Crippen molar-refractivity contribution in [2.75, 3.05) is 0 Å². The topological polar surface area (TPSA) is 138 Å². The van der Waals surface area contributed by atoms with Crippen molar-refractivity contribution >= 4 is 5.78 Å². The average Bonchev–Trinajstić information content (AvgIpc) is 2.94. The third kappa shape index (κ3) is 3.82. The molecule has 0 bridgehead atoms. The first kappa shape index (κ1) is 26.2. The van der Waals surface area contributed by atoms with Crippen LogP contribution in [0.15, 0.2) is 11.6 Å². The van der Waals surface area contributed by atoms with Gasteiger partial charge in [0.05, 0.1) is 35.1 Å². The molecule has 0 unspecified atom stereocenters. The van der Waals surface area contributed by atoms with Gasteiger partial charge < -0.3 is 30.6 Å². The van der Waals surface area contributed by atoms with Gasteiger partial charge in [0.2, 0.25) is 0 Å². The van der Waals surface area contributed by atoms with Gasteiger partial charge in [-0.25, -0.2) is 0 Å². The largest absolute Gasteiger partial charge is 0.392 e. The molecule has 0 saturated heterocycles. The Morgan fingerprint density at radius 2 is 1.65 bits per heavy atom. The van der Waals surface area contributed by atoms with Crippen molar-refractivity contribution in [3.05, 3.63) is 11.6 Å². The lowest BCUT2D eigenvalue weighted by Crippen LogP contribution is -2.65. The lowest BCUT2D eigenvalue weighted by molar-refractivity contribution is -0.184. The molecule has 34 heavy (non-hydrogen) atoms. The standard InChI is InChI=1S/C27H44O7/c1-23(2,32)8-6-9-26(5,33)21-7-10-27(34)16-12-17(28)15-11-18(29)19(30)13-24(15,3)22(16)20(31)14-25(21,27)4/h12,15,18-22,29-34H,6-11,13-14H2,1-5H3/t15-,18+,19-,20+,21-,22-,24-,25+,26-,27+/m0/s1. The summed E-state index contributed by atoms with van der Waals surface area (Å²) >= 11 is 0. The lowest BCUT2D eigenvalue weighted by atomic mass is 9.45. The van der Waals surface area contributed by atoms with Crippen molar-refractivity contribution in [2.24, 2.45) is 28.6 Å². The van der Waals surface area contributed by atoms with Gasteiger partial charge in [0.15, 0.2) is 5.78 Å². The van der Waals surface area contributed by atoms with E-state index < -0.39 is 57.8 Å². The fourth-order valence-electron chi connectivity index (χ4n) is 8.54. The predicted molar refractivity (Wildman–Crippen MR) is 127 cm³/mol. The minimum absolute atomic E-state index is 0.151. The highest BCUT2D eigenvalue weighted by Crippen LogP contribution is 2.68. The molecule has 4 aliphatic rings. The second-order valence-electron chi connectivity index (χ2n) is 13.3. The van der Waals surface area contributed by atoms with Crippen LogP contribution in [0.5, 0.6) is 0 Å². The number of rotatable bonds is 5. The summed E-state index contributed by atoms with van der Waals surface area (Å²) in [6, 6.07) is 0. The smallest absolute Gasteiger partial charge is 0.159 e. The van der Waals surface area contributed by atoms with Crippen LogP contribution in [0.25, 0.3) is 0 Å². The van der Waals surface area contributed by atoms with Crippen LogP contribution in [0.2, 0.25) is 0 Å². The molecule has 0 radical (unpaired) electrons. The third-order valence-electron chi connectivity index (χ3n) is 10.3. The maximum atomic E-state index is 13.3. The molecule has 0 aliphatic heterocycles. The second-order valence-corrected chi connectivity index (χ2v) is 13.3. The van der Waals surface area contributed by atoms with E-state index >= 15 is 0 Å². The number of hydrogen-bond acceptors (Lipinski definition) is 7. The second kappa shape index (κ2) is 8.09. The average molecular weight is 481 g/mol. The Kier molecular flexibility index (Phi) is 6.24. The fraction of sp³-hybridized carbons (Fsp3) is 0.889. The molecule has 3 saturated carbocycles. The van der Waals surface area contributed by atoms with E-state index in [4.69, 9.17) is 0 Å². The van der Waals surface area contributed by atoms with Crippen LogP contribution in [-0.2, 0) is 4.79 Å². The van der Waals surface area contributed by atoms with Crippen molar-refractivity contribution in [2.45, 2.75) is 121 Å². The molecule has 7 nitrogen and oxygen atoms in total. The molecule has 194 valence electrons. The molecule has 7 heteroatoms. The van der Waals surface area contributed by atoms with E-state index in [1.807, 2.05) is 13.8 Å². The van der Waals surface area contributed by atoms with Crippen LogP contribution in [0.1, 0.15) is 86.0 Å². The summed E-state index contributed by atoms with van der Waals surface area (Å²) in [5.74, 6) is -1.45. The fourth-order valence-corrected chi connectivity index (χ4v) is 8.54. The lowest BCUT2D eigenvalue weighted by Gasteiger charge is -2.62. The van der Waals surface area contributed by atoms with E-state index in [1.165, 1.54) is 6.08 Å². The first-order valence-electron chi connectivity index (χ1n) is 12.9. The van der Waals surface area contributed by atoms with E-state index in [9.17, 15) is 35.4 Å². The van der Waals surface area contributed by atoms with Crippen molar-refractivity contribution in [1.29, 1.82) is 0 Å². The number of carbonyl (C=O) groups is 1. The number of fused-ring (bicyclic) bond motifs is 5. The minimum Gasteiger partial charge on any atom is -0.392 e. The van der Waals surface area contributed by atoms with Gasteiger partial charge in [-0.15, -0.1) is 0 Å². The SMILES string of the molecule is CC(C)(O)CCC[C@](C)(O)[C@H]1CC[C@@]2(O)C3=CC(=O)[C@@H]4C[C@@H](O)[C@@H](O)C[C@]4(C)[C@@H]3[C@H](O)C[C@]12C. The molecule has 4 aliphatic carbocycles. The van der Waals surface area contributed by atoms with Crippen molar-refractivity contribution in [3.63, 3.8) is 0 Å². The molecule has 3 fully saturated rings. The highest BCUT2D eigenvalue weighted by Gasteiger charge is 2.70. The Hall–Kier alpha value is -0.830. The highest BCUT2D eigenvalue weighted by molar-refractivity contribution is 5.95. The summed E-state index contributed by atoms with van der Waals surface area (Å²) in [6.07, 6.45) is 1.95. The quantitative estimate of drug-likeness (QED) is 0.353. The first-order chi connectivity index (χ1) is 15.5. The van der Waals surface area contributed by atoms with Gasteiger partial charge in [-0.2, -0.15) is 0 Å². The number of aliphatic hydroxyl groups is 6. The van der Waals surface area contributed by atoms with E-state index in [0.717, 1.165) is 0 Å². The molecule has 0 aromatic rings. The summed E-state index contributed by atoms with van der Waals surface area (Å²) in [4.78, 5) is 13.3. The van der Waals surface area contributed by atoms with Gasteiger partial charge in [0, 0.05) is 17.3 Å². The summed E-state index contributed by atoms with van der Waals surface area (Å²) < 4.78 is 0. The zero-order valence-electron chi connectivity index (χ0n) is 21.3. The van der Waals surface area contributed by atoms with Gasteiger partial charge >= 0.3 is 0 Å². The summed E-state index contributed by atoms with van der Waals surface area (Å²) in [5.41, 5.74) is -4.31. The van der Waals surface area contributed by atoms with Crippen LogP contribution in [0, 0.1) is 28.6 Å². The minimum atomic E-state index is -1.34. The highest BCUT2D eigenvalue weighted by atomic mass is 16.3. The Balaban J connectivity index is 1.69. The van der Waals surface area contributed by atoms with Crippen LogP contribution in [0.3, 0.4) is 0 Å². The Morgan fingerprint density at radius 3 is 2.26 bits per heavy atom. The van der Waals surface area contributed by atoms with E-state index in [1.54, 1.807) is 20.8 Å². The van der Waals surface area contributed by atoms with Gasteiger partial charge in [0.1, 0.15) is 0 Å². The molecule has 10 atom stereocenters. The molecular weight excluding hydrogens is 436 g/mol. The van der Waals surface area contributed by atoms with Gasteiger partial charge in [-0.05, 0) is 95.1 Å². The van der Waals surface area contributed by atoms with Gasteiger partial charge in [0.25, 0.3) is 0 Å². The molecule has 0 heterocycles. The maximum absolute atomic E-state index is 13.3. The molecule has 0 aromatic heterocycles. The third-order valence-corrected chi connectivity index (χ3v) is 10.3. The number of carbonyl (C=O) groups excluding carboxylic acids is 1. The van der Waals surface area contributed by atoms with Crippen LogP contribution in [-0.4, -0.2) is 71.5 Å². The Morgan fingerprint density at radius 1 is 1.00 bits per heavy atom. The zero-order valence-corrected chi connectivity index (χ0v) is 21.3. The summed E-state index contributed by atoms with van der Waals surface area (Å²) in [7, 11) is 0. The number of aliphatic hydroxyl groups excluding tert-OH is 3.